The summed E-state index contributed by atoms with van der Waals surface area (Å²) in [6, 6.07) is 13.2. The highest BCUT2D eigenvalue weighted by molar-refractivity contribution is 6.08. The molecule has 0 bridgehead atoms. The van der Waals surface area contributed by atoms with Crippen molar-refractivity contribution in [3.8, 4) is 0 Å². The highest BCUT2D eigenvalue weighted by atomic mass is 16.2. The molecular formula is C23H27N3O2. The SMILES string of the molecule is CCN1c2cc(C(=O)Nc3ccccc3C)ccc2C(=O)N2CCCCCC21. The molecule has 2 amide bonds. The minimum Gasteiger partial charge on any atom is -0.351 e. The Kier molecular flexibility index (Phi) is 5.07. The van der Waals surface area contributed by atoms with Crippen LogP contribution in [0.2, 0.25) is 0 Å². The third-order valence-corrected chi connectivity index (χ3v) is 5.88. The van der Waals surface area contributed by atoms with Crippen LogP contribution in [0.25, 0.3) is 0 Å². The van der Waals surface area contributed by atoms with Crippen LogP contribution in [0.1, 0.15) is 58.9 Å². The maximum Gasteiger partial charge on any atom is 0.257 e. The van der Waals surface area contributed by atoms with Crippen molar-refractivity contribution in [2.45, 2.75) is 45.7 Å². The van der Waals surface area contributed by atoms with Gasteiger partial charge in [0.2, 0.25) is 0 Å². The molecule has 1 saturated heterocycles. The van der Waals surface area contributed by atoms with Crippen LogP contribution in [-0.2, 0) is 0 Å². The first-order chi connectivity index (χ1) is 13.6. The predicted molar refractivity (Wildman–Crippen MR) is 112 cm³/mol. The minimum absolute atomic E-state index is 0.0949. The van der Waals surface area contributed by atoms with Crippen molar-refractivity contribution >= 4 is 23.2 Å². The normalized spacial score (nSPS) is 18.9. The molecule has 1 N–H and O–H groups in total. The first-order valence-electron chi connectivity index (χ1n) is 10.2. The Hall–Kier alpha value is -2.82. The van der Waals surface area contributed by atoms with Crippen LogP contribution >= 0.6 is 0 Å². The molecule has 2 aromatic rings. The van der Waals surface area contributed by atoms with Crippen molar-refractivity contribution in [2.75, 3.05) is 23.3 Å². The van der Waals surface area contributed by atoms with Gasteiger partial charge >= 0.3 is 0 Å². The highest BCUT2D eigenvalue weighted by Crippen LogP contribution is 2.35. The van der Waals surface area contributed by atoms with Crippen LogP contribution in [0.4, 0.5) is 11.4 Å². The average molecular weight is 377 g/mol. The summed E-state index contributed by atoms with van der Waals surface area (Å²) < 4.78 is 0. The number of hydrogen-bond donors (Lipinski definition) is 1. The quantitative estimate of drug-likeness (QED) is 0.861. The van der Waals surface area contributed by atoms with Gasteiger partial charge in [-0.25, -0.2) is 0 Å². The number of amides is 2. The lowest BCUT2D eigenvalue weighted by Crippen LogP contribution is -2.55. The van der Waals surface area contributed by atoms with Crippen molar-refractivity contribution in [1.82, 2.24) is 4.90 Å². The van der Waals surface area contributed by atoms with Crippen molar-refractivity contribution in [1.29, 1.82) is 0 Å². The fraction of sp³-hybridized carbons (Fsp3) is 0.391. The molecule has 0 spiro atoms. The molecule has 2 aliphatic rings. The van der Waals surface area contributed by atoms with Crippen molar-refractivity contribution in [2.24, 2.45) is 0 Å². The minimum atomic E-state index is -0.149. The maximum absolute atomic E-state index is 13.1. The van der Waals surface area contributed by atoms with Crippen LogP contribution in [0, 0.1) is 6.92 Å². The summed E-state index contributed by atoms with van der Waals surface area (Å²) in [6.45, 7) is 5.71. The van der Waals surface area contributed by atoms with Gasteiger partial charge in [-0.05, 0) is 62.9 Å². The number of nitrogens with one attached hydrogen (secondary N) is 1. The molecule has 1 fully saturated rings. The van der Waals surface area contributed by atoms with Crippen molar-refractivity contribution in [3.63, 3.8) is 0 Å². The van der Waals surface area contributed by atoms with E-state index in [1.807, 2.05) is 48.2 Å². The monoisotopic (exact) mass is 377 g/mol. The van der Waals surface area contributed by atoms with E-state index in [4.69, 9.17) is 0 Å². The van der Waals surface area contributed by atoms with Gasteiger partial charge in [0.1, 0.15) is 6.17 Å². The largest absolute Gasteiger partial charge is 0.351 e. The fourth-order valence-electron chi connectivity index (χ4n) is 4.35. The van der Waals surface area contributed by atoms with E-state index in [0.717, 1.165) is 55.7 Å². The first kappa shape index (κ1) is 18.5. The standard InChI is InChI=1S/C23H27N3O2/c1-3-25-20-15-17(22(27)24-19-10-7-6-9-16(19)2)12-13-18(20)23(28)26-14-8-4-5-11-21(25)26/h6-7,9-10,12-13,15,21H,3-5,8,11,14H2,1-2H3,(H,24,27). The number of rotatable bonds is 3. The zero-order valence-electron chi connectivity index (χ0n) is 16.6. The number of nitrogens with zero attached hydrogens (tertiary/aromatic N) is 2. The second kappa shape index (κ2) is 7.66. The van der Waals surface area contributed by atoms with E-state index < -0.39 is 0 Å². The summed E-state index contributed by atoms with van der Waals surface area (Å²) in [5, 5.41) is 2.99. The summed E-state index contributed by atoms with van der Waals surface area (Å²) >= 11 is 0. The van der Waals surface area contributed by atoms with Crippen LogP contribution < -0.4 is 10.2 Å². The number of fused-ring (bicyclic) bond motifs is 2. The van der Waals surface area contributed by atoms with Gasteiger partial charge in [-0.15, -0.1) is 0 Å². The van der Waals surface area contributed by atoms with Crippen LogP contribution in [-0.4, -0.2) is 36.0 Å². The zero-order valence-corrected chi connectivity index (χ0v) is 16.6. The summed E-state index contributed by atoms with van der Waals surface area (Å²) in [4.78, 5) is 30.2. The summed E-state index contributed by atoms with van der Waals surface area (Å²) in [5.41, 5.74) is 3.99. The molecule has 1 unspecified atom stereocenters. The molecule has 1 atom stereocenters. The fourth-order valence-corrected chi connectivity index (χ4v) is 4.35. The maximum atomic E-state index is 13.1. The van der Waals surface area contributed by atoms with E-state index >= 15 is 0 Å². The summed E-state index contributed by atoms with van der Waals surface area (Å²) in [6.07, 6.45) is 4.44. The number of carbonyl (C=O) groups excluding carboxylic acids is 2. The predicted octanol–water partition coefficient (Wildman–Crippen LogP) is 4.43. The van der Waals surface area contributed by atoms with E-state index in [-0.39, 0.29) is 18.0 Å². The molecule has 2 heterocycles. The van der Waals surface area contributed by atoms with Gasteiger partial charge in [-0.2, -0.15) is 0 Å². The van der Waals surface area contributed by atoms with E-state index in [9.17, 15) is 9.59 Å². The topological polar surface area (TPSA) is 52.7 Å². The number of carbonyl (C=O) groups is 2. The number of para-hydroxylation sites is 1. The number of aryl methyl sites for hydroxylation is 1. The van der Waals surface area contributed by atoms with Gasteiger partial charge in [0.15, 0.2) is 0 Å². The summed E-state index contributed by atoms with van der Waals surface area (Å²) in [7, 11) is 0. The molecule has 2 aliphatic heterocycles. The second-order valence-corrected chi connectivity index (χ2v) is 7.62. The highest BCUT2D eigenvalue weighted by Gasteiger charge is 2.37. The van der Waals surface area contributed by atoms with Gasteiger partial charge in [0.25, 0.3) is 11.8 Å². The Bertz CT molecular complexity index is 908. The number of hydrogen-bond acceptors (Lipinski definition) is 3. The molecule has 0 saturated carbocycles. The lowest BCUT2D eigenvalue weighted by Gasteiger charge is -2.44. The number of benzene rings is 2. The van der Waals surface area contributed by atoms with Gasteiger partial charge in [0.05, 0.1) is 11.3 Å². The molecule has 4 rings (SSSR count). The molecule has 5 nitrogen and oxygen atoms in total. The lowest BCUT2D eigenvalue weighted by atomic mass is 10.0. The van der Waals surface area contributed by atoms with Gasteiger partial charge in [0, 0.05) is 24.3 Å². The van der Waals surface area contributed by atoms with Gasteiger partial charge in [-0.3, -0.25) is 9.59 Å². The smallest absolute Gasteiger partial charge is 0.257 e. The van der Waals surface area contributed by atoms with Gasteiger partial charge < -0.3 is 15.1 Å². The Labute approximate surface area is 166 Å². The van der Waals surface area contributed by atoms with Crippen molar-refractivity contribution in [3.05, 3.63) is 59.2 Å². The average Bonchev–Trinajstić information content (AvgIpc) is 2.96. The van der Waals surface area contributed by atoms with Gasteiger partial charge in [-0.1, -0.05) is 24.6 Å². The first-order valence-corrected chi connectivity index (χ1v) is 10.2. The molecule has 0 aromatic heterocycles. The van der Waals surface area contributed by atoms with E-state index in [0.29, 0.717) is 11.1 Å². The van der Waals surface area contributed by atoms with E-state index in [1.165, 1.54) is 0 Å². The van der Waals surface area contributed by atoms with Crippen LogP contribution in [0.5, 0.6) is 0 Å². The van der Waals surface area contributed by atoms with Crippen molar-refractivity contribution < 1.29 is 9.59 Å². The molecule has 5 heteroatoms. The Morgan fingerprint density at radius 3 is 2.75 bits per heavy atom. The third-order valence-electron chi connectivity index (χ3n) is 5.88. The lowest BCUT2D eigenvalue weighted by molar-refractivity contribution is 0.0656. The molecule has 146 valence electrons. The summed E-state index contributed by atoms with van der Waals surface area (Å²) in [5.74, 6) is -0.0543. The molecule has 0 aliphatic carbocycles. The van der Waals surface area contributed by atoms with Crippen LogP contribution in [0.15, 0.2) is 42.5 Å². The van der Waals surface area contributed by atoms with E-state index in [2.05, 4.69) is 17.1 Å². The van der Waals surface area contributed by atoms with Crippen LogP contribution in [0.3, 0.4) is 0 Å². The molecule has 2 aromatic carbocycles. The number of anilines is 2. The zero-order chi connectivity index (χ0) is 19.7. The molecular weight excluding hydrogens is 350 g/mol. The molecule has 28 heavy (non-hydrogen) atoms. The molecule has 0 radical (unpaired) electrons. The Morgan fingerprint density at radius 1 is 1.14 bits per heavy atom. The Balaban J connectivity index is 1.67. The second-order valence-electron chi connectivity index (χ2n) is 7.62. The third kappa shape index (κ3) is 3.26. The van der Waals surface area contributed by atoms with E-state index in [1.54, 1.807) is 6.07 Å². The Morgan fingerprint density at radius 2 is 1.96 bits per heavy atom.